The smallest absolute Gasteiger partial charge is 0.437 e. The van der Waals surface area contributed by atoms with E-state index in [-0.39, 0.29) is 27.8 Å². The number of nitriles is 1. The minimum absolute atomic E-state index is 0.0159. The summed E-state index contributed by atoms with van der Waals surface area (Å²) in [6.07, 6.45) is -4.45. The fourth-order valence-corrected chi connectivity index (χ4v) is 2.65. The molecule has 3 aromatic rings. The monoisotopic (exact) mass is 438 g/mol. The van der Waals surface area contributed by atoms with Gasteiger partial charge >= 0.3 is 6.18 Å². The highest BCUT2D eigenvalue weighted by atomic mass is 35.5. The van der Waals surface area contributed by atoms with Gasteiger partial charge in [-0.1, -0.05) is 11.6 Å². The van der Waals surface area contributed by atoms with Crippen LogP contribution in [-0.2, 0) is 12.6 Å². The van der Waals surface area contributed by atoms with Crippen molar-refractivity contribution in [3.8, 4) is 17.6 Å². The lowest BCUT2D eigenvalue weighted by atomic mass is 10.2. The maximum atomic E-state index is 13.5. The van der Waals surface area contributed by atoms with Crippen molar-refractivity contribution in [1.82, 2.24) is 19.9 Å². The Bertz CT molecular complexity index is 1280. The van der Waals surface area contributed by atoms with E-state index in [0.29, 0.717) is 0 Å². The Morgan fingerprint density at radius 3 is 2.57 bits per heavy atom. The maximum absolute atomic E-state index is 13.5. The molecule has 0 atom stereocenters. The molecule has 154 valence electrons. The van der Waals surface area contributed by atoms with Gasteiger partial charge < -0.3 is 15.5 Å². The number of hydrogen-bond acceptors (Lipinski definition) is 7. The average molecular weight is 439 g/mol. The summed E-state index contributed by atoms with van der Waals surface area (Å²) in [6.45, 7) is 0. The third-order valence-corrected chi connectivity index (χ3v) is 3.88. The van der Waals surface area contributed by atoms with E-state index >= 15 is 0 Å². The number of nitrogens with two attached hydrogens (primary N) is 1. The number of hydrogen-bond donors (Lipinski definition) is 3. The van der Waals surface area contributed by atoms with E-state index in [1.165, 1.54) is 6.07 Å². The molecule has 0 saturated carbocycles. The molecule has 13 heteroatoms. The quantitative estimate of drug-likeness (QED) is 0.565. The lowest BCUT2D eigenvalue weighted by Crippen LogP contribution is -2.23. The van der Waals surface area contributed by atoms with E-state index in [4.69, 9.17) is 27.3 Å². The molecule has 2 heterocycles. The molecular weight excluding hydrogens is 429 g/mol. The van der Waals surface area contributed by atoms with Crippen molar-refractivity contribution in [2.24, 2.45) is 0 Å². The molecule has 0 aliphatic heterocycles. The number of alkyl halides is 3. The van der Waals surface area contributed by atoms with Crippen LogP contribution in [0.15, 0.2) is 34.0 Å². The van der Waals surface area contributed by atoms with Crippen LogP contribution in [0.3, 0.4) is 0 Å². The van der Waals surface area contributed by atoms with Crippen LogP contribution in [-0.4, -0.2) is 19.9 Å². The molecule has 30 heavy (non-hydrogen) atoms. The van der Waals surface area contributed by atoms with Crippen molar-refractivity contribution in [2.75, 3.05) is 5.73 Å². The lowest BCUT2D eigenvalue weighted by molar-refractivity contribution is -0.142. The highest BCUT2D eigenvalue weighted by Crippen LogP contribution is 2.35. The van der Waals surface area contributed by atoms with Crippen molar-refractivity contribution < 1.29 is 17.9 Å². The van der Waals surface area contributed by atoms with Gasteiger partial charge in [0.15, 0.2) is 11.6 Å². The van der Waals surface area contributed by atoms with Crippen LogP contribution in [0.25, 0.3) is 0 Å². The predicted molar refractivity (Wildman–Crippen MR) is 98.2 cm³/mol. The average Bonchev–Trinajstić information content (AvgIpc) is 2.64. The first-order valence-electron chi connectivity index (χ1n) is 7.99. The molecule has 0 saturated heterocycles. The van der Waals surface area contributed by atoms with Gasteiger partial charge in [0, 0.05) is 23.2 Å². The predicted octanol–water partition coefficient (Wildman–Crippen LogP) is 2.36. The fourth-order valence-electron chi connectivity index (χ4n) is 2.42. The molecule has 0 unspecified atom stereocenters. The first-order valence-corrected chi connectivity index (χ1v) is 8.37. The Hall–Kier alpha value is -3.85. The summed E-state index contributed by atoms with van der Waals surface area (Å²) in [5, 5.41) is 8.96. The molecule has 0 amide bonds. The van der Waals surface area contributed by atoms with E-state index in [0.717, 1.165) is 18.3 Å². The summed E-state index contributed by atoms with van der Waals surface area (Å²) in [4.78, 5) is 35.5. The summed E-state index contributed by atoms with van der Waals surface area (Å²) >= 11 is 5.80. The van der Waals surface area contributed by atoms with Crippen molar-refractivity contribution >= 4 is 17.5 Å². The minimum atomic E-state index is -5.05. The molecule has 0 fully saturated rings. The zero-order chi connectivity index (χ0) is 22.1. The van der Waals surface area contributed by atoms with Gasteiger partial charge in [0.25, 0.3) is 11.1 Å². The number of nitrogens with one attached hydrogen (secondary N) is 2. The Labute approximate surface area is 169 Å². The SMILES string of the molecule is N#Cc1cc(Cl)cc(Oc2c(C(F)(F)F)nc(Cc3cnc(N)[nH]c3=O)[nH]c2=O)c1. The van der Waals surface area contributed by atoms with Crippen molar-refractivity contribution in [3.63, 3.8) is 0 Å². The highest BCUT2D eigenvalue weighted by molar-refractivity contribution is 6.30. The van der Waals surface area contributed by atoms with Gasteiger partial charge in [0.05, 0.1) is 11.6 Å². The van der Waals surface area contributed by atoms with E-state index in [2.05, 4.69) is 19.9 Å². The number of nitrogens with zero attached hydrogens (tertiary/aromatic N) is 3. The number of rotatable bonds is 4. The van der Waals surface area contributed by atoms with Gasteiger partial charge in [-0.3, -0.25) is 14.6 Å². The second kappa shape index (κ2) is 7.88. The van der Waals surface area contributed by atoms with Crippen LogP contribution in [0.5, 0.6) is 11.5 Å². The molecule has 3 rings (SSSR count). The molecule has 2 aromatic heterocycles. The topological polar surface area (TPSA) is 151 Å². The minimum Gasteiger partial charge on any atom is -0.449 e. The van der Waals surface area contributed by atoms with Crippen LogP contribution >= 0.6 is 11.6 Å². The number of benzene rings is 1. The van der Waals surface area contributed by atoms with Gasteiger partial charge in [0.1, 0.15) is 11.6 Å². The van der Waals surface area contributed by atoms with Crippen LogP contribution in [0, 0.1) is 11.3 Å². The van der Waals surface area contributed by atoms with Gasteiger partial charge in [-0.2, -0.15) is 18.4 Å². The Morgan fingerprint density at radius 1 is 1.20 bits per heavy atom. The Balaban J connectivity index is 2.07. The van der Waals surface area contributed by atoms with Crippen molar-refractivity contribution in [3.05, 3.63) is 72.8 Å². The second-order valence-corrected chi connectivity index (χ2v) is 6.31. The number of anilines is 1. The molecule has 1 aromatic carbocycles. The number of nitrogen functional groups attached to an aromatic ring is 1. The zero-order valence-electron chi connectivity index (χ0n) is 14.7. The number of ether oxygens (including phenoxy) is 1. The number of H-pyrrole nitrogens is 2. The van der Waals surface area contributed by atoms with Gasteiger partial charge in [-0.25, -0.2) is 9.97 Å². The van der Waals surface area contributed by atoms with E-state index < -0.39 is 41.0 Å². The van der Waals surface area contributed by atoms with Gasteiger partial charge in [-0.15, -0.1) is 0 Å². The third-order valence-electron chi connectivity index (χ3n) is 3.67. The summed E-state index contributed by atoms with van der Waals surface area (Å²) < 4.78 is 45.7. The molecule has 0 aliphatic carbocycles. The molecule has 0 aliphatic rings. The van der Waals surface area contributed by atoms with Crippen molar-refractivity contribution in [1.29, 1.82) is 5.26 Å². The largest absolute Gasteiger partial charge is 0.449 e. The van der Waals surface area contributed by atoms with Gasteiger partial charge in [-0.05, 0) is 18.2 Å². The highest BCUT2D eigenvalue weighted by Gasteiger charge is 2.39. The second-order valence-electron chi connectivity index (χ2n) is 5.88. The number of aromatic amines is 2. The molecule has 9 nitrogen and oxygen atoms in total. The third kappa shape index (κ3) is 4.58. The molecule has 0 radical (unpaired) electrons. The van der Waals surface area contributed by atoms with E-state index in [1.807, 2.05) is 0 Å². The first-order chi connectivity index (χ1) is 14.1. The summed E-state index contributed by atoms with van der Waals surface area (Å²) in [6, 6.07) is 5.27. The standard InChI is InChI=1S/C17H10ClF3N6O3/c18-9-1-7(5-22)2-10(4-9)30-12-13(17(19,20)21)25-11(26-15(12)29)3-8-6-24-16(23)27-14(8)28/h1-2,4,6H,3H2,(H,25,26,29)(H3,23,24,27,28). The van der Waals surface area contributed by atoms with Crippen LogP contribution in [0.1, 0.15) is 22.6 Å². The molecule has 0 bridgehead atoms. The van der Waals surface area contributed by atoms with Crippen molar-refractivity contribution in [2.45, 2.75) is 12.6 Å². The summed E-state index contributed by atoms with van der Waals surface area (Å²) in [5.74, 6) is -2.02. The molecular formula is C17H10ClF3N6O3. The molecule has 4 N–H and O–H groups in total. The molecule has 0 spiro atoms. The van der Waals surface area contributed by atoms with Crippen LogP contribution in [0.2, 0.25) is 5.02 Å². The first kappa shape index (κ1) is 20.9. The summed E-state index contributed by atoms with van der Waals surface area (Å²) in [7, 11) is 0. The normalized spacial score (nSPS) is 11.2. The zero-order valence-corrected chi connectivity index (χ0v) is 15.4. The number of halogens is 4. The Morgan fingerprint density at radius 2 is 1.93 bits per heavy atom. The fraction of sp³-hybridized carbons (Fsp3) is 0.118. The number of aromatic nitrogens is 4. The maximum Gasteiger partial charge on any atom is 0.437 e. The summed E-state index contributed by atoms with van der Waals surface area (Å²) in [5.41, 5.74) is 1.72. The van der Waals surface area contributed by atoms with Crippen LogP contribution in [0.4, 0.5) is 19.1 Å². The van der Waals surface area contributed by atoms with Gasteiger partial charge in [0.2, 0.25) is 5.75 Å². The van der Waals surface area contributed by atoms with E-state index in [1.54, 1.807) is 6.07 Å². The lowest BCUT2D eigenvalue weighted by Gasteiger charge is -2.13. The van der Waals surface area contributed by atoms with E-state index in [9.17, 15) is 22.8 Å². The van der Waals surface area contributed by atoms with Crippen LogP contribution < -0.4 is 21.6 Å². The Kier molecular flexibility index (Phi) is 5.48.